The van der Waals surface area contributed by atoms with Gasteiger partial charge in [0.05, 0.1) is 0 Å². The van der Waals surface area contributed by atoms with Crippen molar-refractivity contribution in [2.75, 3.05) is 11.9 Å². The van der Waals surface area contributed by atoms with E-state index in [0.29, 0.717) is 11.7 Å². The minimum absolute atomic E-state index is 0.231. The normalized spacial score (nSPS) is 10.7. The number of rotatable bonds is 5. The van der Waals surface area contributed by atoms with Gasteiger partial charge in [-0.15, -0.1) is 0 Å². The van der Waals surface area contributed by atoms with Crippen LogP contribution in [0.2, 0.25) is 5.15 Å². The zero-order valence-corrected chi connectivity index (χ0v) is 13.3. The molecule has 1 aromatic heterocycles. The quantitative estimate of drug-likeness (QED) is 0.776. The van der Waals surface area contributed by atoms with E-state index in [4.69, 9.17) is 11.6 Å². The highest BCUT2D eigenvalue weighted by atomic mass is 35.5. The maximum Gasteiger partial charge on any atom is 0.137 e. The summed E-state index contributed by atoms with van der Waals surface area (Å²) in [5.41, 5.74) is 1.74. The third-order valence-electron chi connectivity index (χ3n) is 3.25. The zero-order valence-electron chi connectivity index (χ0n) is 12.5. The van der Waals surface area contributed by atoms with Gasteiger partial charge in [0.2, 0.25) is 0 Å². The van der Waals surface area contributed by atoms with Gasteiger partial charge in [0, 0.05) is 25.6 Å². The smallest absolute Gasteiger partial charge is 0.137 e. The maximum absolute atomic E-state index is 13.3. The number of halogens is 2. The predicted molar refractivity (Wildman–Crippen MR) is 84.3 cm³/mol. The monoisotopic (exact) mass is 307 g/mol. The largest absolute Gasteiger partial charge is 0.355 e. The second-order valence-corrected chi connectivity index (χ2v) is 5.47. The Labute approximate surface area is 129 Å². The average molecular weight is 308 g/mol. The highest BCUT2D eigenvalue weighted by Gasteiger charge is 2.13. The summed E-state index contributed by atoms with van der Waals surface area (Å²) >= 11 is 6.19. The van der Waals surface area contributed by atoms with E-state index >= 15 is 0 Å². The predicted octanol–water partition coefficient (Wildman–Crippen LogP) is 4.17. The Morgan fingerprint density at radius 2 is 2.05 bits per heavy atom. The molecule has 0 saturated heterocycles. The molecule has 0 fully saturated rings. The van der Waals surface area contributed by atoms with Crippen molar-refractivity contribution in [3.8, 4) is 0 Å². The lowest BCUT2D eigenvalue weighted by Crippen LogP contribution is -2.20. The molecular formula is C16H19ClFN3. The topological polar surface area (TPSA) is 29.0 Å². The highest BCUT2D eigenvalue weighted by Crippen LogP contribution is 2.24. The Bertz CT molecular complexity index is 631. The first kappa shape index (κ1) is 15.7. The van der Waals surface area contributed by atoms with Gasteiger partial charge < -0.3 is 4.90 Å². The van der Waals surface area contributed by atoms with Crippen LogP contribution in [0.25, 0.3) is 0 Å². The van der Waals surface area contributed by atoms with E-state index in [0.717, 1.165) is 35.6 Å². The summed E-state index contributed by atoms with van der Waals surface area (Å²) in [6.45, 7) is 4.54. The number of hydrogen-bond donors (Lipinski definition) is 0. The molecule has 0 aliphatic carbocycles. The average Bonchev–Trinajstić information content (AvgIpc) is 2.43. The van der Waals surface area contributed by atoms with Crippen LogP contribution in [-0.4, -0.2) is 17.0 Å². The molecule has 0 unspecified atom stereocenters. The van der Waals surface area contributed by atoms with Crippen LogP contribution in [0.15, 0.2) is 24.3 Å². The van der Waals surface area contributed by atoms with Crippen molar-refractivity contribution < 1.29 is 4.39 Å². The Hall–Kier alpha value is -1.68. The summed E-state index contributed by atoms with van der Waals surface area (Å²) < 4.78 is 13.3. The molecule has 0 spiro atoms. The van der Waals surface area contributed by atoms with Gasteiger partial charge in [0.25, 0.3) is 0 Å². The Morgan fingerprint density at radius 1 is 1.29 bits per heavy atom. The van der Waals surface area contributed by atoms with Crippen molar-refractivity contribution in [2.24, 2.45) is 0 Å². The molecule has 2 rings (SSSR count). The number of benzene rings is 1. The van der Waals surface area contributed by atoms with E-state index in [-0.39, 0.29) is 5.82 Å². The molecule has 0 aliphatic rings. The summed E-state index contributed by atoms with van der Waals surface area (Å²) in [7, 11) is 1.92. The summed E-state index contributed by atoms with van der Waals surface area (Å²) in [6.07, 6.45) is 1.76. The third-order valence-corrected chi connectivity index (χ3v) is 3.62. The van der Waals surface area contributed by atoms with Gasteiger partial charge in [-0.05, 0) is 31.0 Å². The molecular weight excluding hydrogens is 289 g/mol. The second-order valence-electron chi connectivity index (χ2n) is 5.12. The molecule has 0 bridgehead atoms. The minimum atomic E-state index is -0.231. The standard InChI is InChI=1S/C16H19ClFN3/c1-4-6-14-19-15(17)11(2)16(20-14)21(3)10-12-7-5-8-13(18)9-12/h5,7-9H,4,6,10H2,1-3H3. The lowest BCUT2D eigenvalue weighted by molar-refractivity contribution is 0.625. The Kier molecular flexibility index (Phi) is 5.12. The number of aryl methyl sites for hydroxylation is 1. The van der Waals surface area contributed by atoms with Crippen LogP contribution >= 0.6 is 11.6 Å². The molecule has 0 radical (unpaired) electrons. The third kappa shape index (κ3) is 3.91. The van der Waals surface area contributed by atoms with Gasteiger partial charge in [-0.1, -0.05) is 30.7 Å². The lowest BCUT2D eigenvalue weighted by Gasteiger charge is -2.21. The summed E-state index contributed by atoms with van der Waals surface area (Å²) in [4.78, 5) is 10.8. The van der Waals surface area contributed by atoms with Crippen LogP contribution < -0.4 is 4.90 Å². The van der Waals surface area contributed by atoms with E-state index in [1.54, 1.807) is 6.07 Å². The molecule has 0 amide bonds. The van der Waals surface area contributed by atoms with Gasteiger partial charge in [-0.25, -0.2) is 14.4 Å². The molecule has 0 atom stereocenters. The first-order valence-corrected chi connectivity index (χ1v) is 7.37. The highest BCUT2D eigenvalue weighted by molar-refractivity contribution is 6.30. The minimum Gasteiger partial charge on any atom is -0.355 e. The molecule has 1 aromatic carbocycles. The second kappa shape index (κ2) is 6.85. The van der Waals surface area contributed by atoms with E-state index in [9.17, 15) is 4.39 Å². The number of anilines is 1. The van der Waals surface area contributed by atoms with E-state index < -0.39 is 0 Å². The van der Waals surface area contributed by atoms with Gasteiger partial charge in [0.15, 0.2) is 0 Å². The molecule has 21 heavy (non-hydrogen) atoms. The fraction of sp³-hybridized carbons (Fsp3) is 0.375. The van der Waals surface area contributed by atoms with Crippen molar-refractivity contribution in [2.45, 2.75) is 33.2 Å². The van der Waals surface area contributed by atoms with Gasteiger partial charge >= 0.3 is 0 Å². The molecule has 2 aromatic rings. The first-order chi connectivity index (χ1) is 10.0. The van der Waals surface area contributed by atoms with Gasteiger partial charge in [0.1, 0.15) is 22.6 Å². The summed E-state index contributed by atoms with van der Waals surface area (Å²) in [5.74, 6) is 1.31. The van der Waals surface area contributed by atoms with Crippen LogP contribution in [0.5, 0.6) is 0 Å². The Balaban J connectivity index is 2.27. The zero-order chi connectivity index (χ0) is 15.4. The lowest BCUT2D eigenvalue weighted by atomic mass is 10.2. The van der Waals surface area contributed by atoms with E-state index in [1.807, 2.05) is 24.9 Å². The van der Waals surface area contributed by atoms with Crippen LogP contribution in [0.1, 0.15) is 30.3 Å². The summed E-state index contributed by atoms with van der Waals surface area (Å²) in [6, 6.07) is 6.57. The molecule has 3 nitrogen and oxygen atoms in total. The molecule has 0 aliphatic heterocycles. The fourth-order valence-electron chi connectivity index (χ4n) is 2.21. The number of hydrogen-bond acceptors (Lipinski definition) is 3. The number of nitrogens with zero attached hydrogens (tertiary/aromatic N) is 3. The maximum atomic E-state index is 13.3. The van der Waals surface area contributed by atoms with E-state index in [2.05, 4.69) is 16.9 Å². The van der Waals surface area contributed by atoms with Crippen molar-refractivity contribution in [3.63, 3.8) is 0 Å². The number of aromatic nitrogens is 2. The molecule has 1 heterocycles. The van der Waals surface area contributed by atoms with Crippen LogP contribution in [-0.2, 0) is 13.0 Å². The van der Waals surface area contributed by atoms with E-state index in [1.165, 1.54) is 12.1 Å². The van der Waals surface area contributed by atoms with Crippen molar-refractivity contribution in [3.05, 3.63) is 52.2 Å². The van der Waals surface area contributed by atoms with Crippen molar-refractivity contribution in [1.29, 1.82) is 0 Å². The van der Waals surface area contributed by atoms with Gasteiger partial charge in [-0.3, -0.25) is 0 Å². The van der Waals surface area contributed by atoms with Crippen molar-refractivity contribution >= 4 is 17.4 Å². The van der Waals surface area contributed by atoms with Crippen molar-refractivity contribution in [1.82, 2.24) is 9.97 Å². The van der Waals surface area contributed by atoms with Crippen LogP contribution in [0.4, 0.5) is 10.2 Å². The first-order valence-electron chi connectivity index (χ1n) is 7.00. The molecule has 112 valence electrons. The Morgan fingerprint density at radius 3 is 2.71 bits per heavy atom. The van der Waals surface area contributed by atoms with Gasteiger partial charge in [-0.2, -0.15) is 0 Å². The molecule has 0 N–H and O–H groups in total. The fourth-order valence-corrected chi connectivity index (χ4v) is 2.39. The van der Waals surface area contributed by atoms with Crippen LogP contribution in [0.3, 0.4) is 0 Å². The van der Waals surface area contributed by atoms with Crippen LogP contribution in [0, 0.1) is 12.7 Å². The molecule has 0 saturated carbocycles. The SMILES string of the molecule is CCCc1nc(Cl)c(C)c(N(C)Cc2cccc(F)c2)n1. The summed E-state index contributed by atoms with van der Waals surface area (Å²) in [5, 5.41) is 0.481. The molecule has 5 heteroatoms.